The molecule has 1 saturated carbocycles. The molecule has 2 fully saturated rings. The summed E-state index contributed by atoms with van der Waals surface area (Å²) in [5.41, 5.74) is -0.126. The Morgan fingerprint density at radius 2 is 1.45 bits per heavy atom. The lowest BCUT2D eigenvalue weighted by Gasteiger charge is -2.37. The number of piperazine rings is 1. The van der Waals surface area contributed by atoms with Crippen molar-refractivity contribution in [3.63, 3.8) is 0 Å². The van der Waals surface area contributed by atoms with Crippen LogP contribution in [0.1, 0.15) is 42.4 Å². The molecule has 13 heteroatoms. The Kier molecular flexibility index (Phi) is 8.38. The van der Waals surface area contributed by atoms with Gasteiger partial charge in [0.15, 0.2) is 0 Å². The largest absolute Gasteiger partial charge is 0.474 e. The zero-order valence-electron chi connectivity index (χ0n) is 22.8. The van der Waals surface area contributed by atoms with E-state index in [2.05, 4.69) is 20.2 Å². The molecule has 226 valence electrons. The Bertz CT molecular complexity index is 1360. The predicted molar refractivity (Wildman–Crippen MR) is 144 cm³/mol. The summed E-state index contributed by atoms with van der Waals surface area (Å²) in [5.74, 6) is -0.0845. The van der Waals surface area contributed by atoms with Gasteiger partial charge in [-0.05, 0) is 75.1 Å². The van der Waals surface area contributed by atoms with Crippen molar-refractivity contribution in [2.45, 2.75) is 57.1 Å². The van der Waals surface area contributed by atoms with Gasteiger partial charge in [0.1, 0.15) is 24.1 Å². The van der Waals surface area contributed by atoms with Gasteiger partial charge < -0.3 is 19.9 Å². The van der Waals surface area contributed by atoms with E-state index >= 15 is 0 Å². The number of ether oxygens (including phenoxy) is 1. The first kappa shape index (κ1) is 29.7. The van der Waals surface area contributed by atoms with E-state index in [0.717, 1.165) is 41.3 Å². The summed E-state index contributed by atoms with van der Waals surface area (Å²) in [4.78, 5) is 12.9. The molecule has 6 nitrogen and oxygen atoms in total. The predicted octanol–water partition coefficient (Wildman–Crippen LogP) is 7.09. The van der Waals surface area contributed by atoms with Gasteiger partial charge in [-0.25, -0.2) is 14.4 Å². The van der Waals surface area contributed by atoms with Gasteiger partial charge in [-0.15, -0.1) is 0 Å². The molecule has 1 aromatic heterocycles. The highest BCUT2D eigenvalue weighted by atomic mass is 19.4. The molecule has 1 N–H and O–H groups in total. The normalized spacial score (nSPS) is 20.0. The average molecular weight is 598 g/mol. The summed E-state index contributed by atoms with van der Waals surface area (Å²) < 4.78 is 97.3. The van der Waals surface area contributed by atoms with Gasteiger partial charge in [0.25, 0.3) is 0 Å². The van der Waals surface area contributed by atoms with Crippen LogP contribution in [-0.4, -0.2) is 48.3 Å². The van der Waals surface area contributed by atoms with Crippen molar-refractivity contribution < 1.29 is 35.5 Å². The molecular formula is C29H30F7N5O. The maximum atomic E-state index is 13.9. The number of aromatic nitrogens is 2. The van der Waals surface area contributed by atoms with Crippen LogP contribution < -0.4 is 19.9 Å². The Morgan fingerprint density at radius 3 is 2.05 bits per heavy atom. The van der Waals surface area contributed by atoms with Crippen LogP contribution in [0, 0.1) is 12.7 Å². The number of hydrogen-bond acceptors (Lipinski definition) is 6. The van der Waals surface area contributed by atoms with E-state index in [1.807, 2.05) is 11.8 Å². The minimum atomic E-state index is -4.74. The van der Waals surface area contributed by atoms with E-state index in [1.54, 1.807) is 0 Å². The third-order valence-corrected chi connectivity index (χ3v) is 7.75. The van der Waals surface area contributed by atoms with Crippen LogP contribution in [-0.2, 0) is 12.4 Å². The molecule has 0 unspecified atom stereocenters. The van der Waals surface area contributed by atoms with E-state index < -0.39 is 29.3 Å². The lowest BCUT2D eigenvalue weighted by atomic mass is 9.92. The number of halogens is 7. The summed E-state index contributed by atoms with van der Waals surface area (Å²) in [6, 6.07) is 8.01. The second kappa shape index (κ2) is 11.8. The van der Waals surface area contributed by atoms with Gasteiger partial charge in [-0.1, -0.05) is 0 Å². The number of benzene rings is 2. The maximum Gasteiger partial charge on any atom is 0.419 e. The van der Waals surface area contributed by atoms with Crippen molar-refractivity contribution in [3.8, 4) is 5.88 Å². The van der Waals surface area contributed by atoms with Gasteiger partial charge in [0.2, 0.25) is 5.88 Å². The Morgan fingerprint density at radius 1 is 0.810 bits per heavy atom. The molecule has 0 atom stereocenters. The number of nitrogens with one attached hydrogen (secondary N) is 1. The van der Waals surface area contributed by atoms with Gasteiger partial charge in [-0.2, -0.15) is 26.3 Å². The first-order valence-corrected chi connectivity index (χ1v) is 13.7. The molecule has 0 radical (unpaired) electrons. The molecule has 3 aromatic rings. The van der Waals surface area contributed by atoms with Crippen LogP contribution in [0.4, 0.5) is 47.9 Å². The fourth-order valence-corrected chi connectivity index (χ4v) is 5.45. The summed E-state index contributed by atoms with van der Waals surface area (Å²) in [6.45, 7) is 4.37. The van der Waals surface area contributed by atoms with E-state index in [4.69, 9.17) is 4.74 Å². The molecule has 2 aromatic carbocycles. The first-order chi connectivity index (χ1) is 19.9. The second-order valence-electron chi connectivity index (χ2n) is 10.6. The molecule has 1 saturated heterocycles. The Labute approximate surface area is 238 Å². The number of hydrogen-bond donors (Lipinski definition) is 1. The van der Waals surface area contributed by atoms with E-state index in [1.165, 1.54) is 24.5 Å². The van der Waals surface area contributed by atoms with Crippen LogP contribution in [0.2, 0.25) is 0 Å². The highest BCUT2D eigenvalue weighted by Crippen LogP contribution is 2.34. The van der Waals surface area contributed by atoms with Crippen LogP contribution in [0.25, 0.3) is 0 Å². The highest BCUT2D eigenvalue weighted by Gasteiger charge is 2.34. The summed E-state index contributed by atoms with van der Waals surface area (Å²) in [6.07, 6.45) is -5.00. The lowest BCUT2D eigenvalue weighted by Crippen LogP contribution is -2.47. The van der Waals surface area contributed by atoms with E-state index in [0.29, 0.717) is 63.4 Å². The maximum absolute atomic E-state index is 13.9. The smallest absolute Gasteiger partial charge is 0.419 e. The van der Waals surface area contributed by atoms with Crippen molar-refractivity contribution in [2.24, 2.45) is 0 Å². The molecule has 0 bridgehead atoms. The highest BCUT2D eigenvalue weighted by molar-refractivity contribution is 5.54. The molecule has 1 aliphatic carbocycles. The van der Waals surface area contributed by atoms with Crippen molar-refractivity contribution in [1.82, 2.24) is 9.97 Å². The standard InChI is InChI=1S/C29H30F7N5O/c1-18-26(41-14-12-40(13-15-41)22-7-2-19(3-8-22)28(31,32)33)37-17-38-27(18)42-23-9-4-20(5-10-23)39-21-6-11-24(25(30)16-21)29(34,35)36/h2-3,6-8,11,16-17,20,23,39H,4-5,9-10,12-15H2,1H3. The van der Waals surface area contributed by atoms with Crippen LogP contribution in [0.3, 0.4) is 0 Å². The van der Waals surface area contributed by atoms with Crippen LogP contribution in [0.15, 0.2) is 48.8 Å². The first-order valence-electron chi connectivity index (χ1n) is 13.7. The molecule has 5 rings (SSSR count). The lowest BCUT2D eigenvalue weighted by molar-refractivity contribution is -0.140. The third kappa shape index (κ3) is 6.81. The van der Waals surface area contributed by atoms with Gasteiger partial charge in [0.05, 0.1) is 16.7 Å². The number of rotatable bonds is 6. The molecule has 0 spiro atoms. The summed E-state index contributed by atoms with van der Waals surface area (Å²) >= 11 is 0. The SMILES string of the molecule is Cc1c(OC2CCC(Nc3ccc(C(F)(F)F)c(F)c3)CC2)ncnc1N1CCN(c2ccc(C(F)(F)F)cc2)CC1. The van der Waals surface area contributed by atoms with E-state index in [-0.39, 0.29) is 12.1 Å². The summed E-state index contributed by atoms with van der Waals surface area (Å²) in [5, 5.41) is 3.12. The quantitative estimate of drug-likeness (QED) is 0.306. The molecule has 1 aliphatic heterocycles. The van der Waals surface area contributed by atoms with Gasteiger partial charge >= 0.3 is 12.4 Å². The van der Waals surface area contributed by atoms with Crippen molar-refractivity contribution in [1.29, 1.82) is 0 Å². The number of anilines is 3. The Balaban J connectivity index is 1.13. The number of alkyl halides is 6. The molecule has 2 aliphatic rings. The average Bonchev–Trinajstić information content (AvgIpc) is 2.94. The van der Waals surface area contributed by atoms with Gasteiger partial charge in [-0.3, -0.25) is 0 Å². The fraction of sp³-hybridized carbons (Fsp3) is 0.448. The number of nitrogens with zero attached hydrogens (tertiary/aromatic N) is 4. The van der Waals surface area contributed by atoms with E-state index in [9.17, 15) is 30.7 Å². The fourth-order valence-electron chi connectivity index (χ4n) is 5.45. The topological polar surface area (TPSA) is 53.5 Å². The minimum absolute atomic E-state index is 0.0241. The zero-order valence-corrected chi connectivity index (χ0v) is 22.8. The van der Waals surface area contributed by atoms with Crippen molar-refractivity contribution in [2.75, 3.05) is 41.3 Å². The molecule has 42 heavy (non-hydrogen) atoms. The van der Waals surface area contributed by atoms with Crippen LogP contribution in [0.5, 0.6) is 5.88 Å². The zero-order chi connectivity index (χ0) is 30.1. The molecule has 2 heterocycles. The van der Waals surface area contributed by atoms with Crippen LogP contribution >= 0.6 is 0 Å². The Hall–Kier alpha value is -3.77. The van der Waals surface area contributed by atoms with Crippen molar-refractivity contribution >= 4 is 17.2 Å². The monoisotopic (exact) mass is 597 g/mol. The van der Waals surface area contributed by atoms with Crippen molar-refractivity contribution in [3.05, 3.63) is 71.3 Å². The second-order valence-corrected chi connectivity index (χ2v) is 10.6. The molecular weight excluding hydrogens is 567 g/mol. The molecule has 0 amide bonds. The third-order valence-electron chi connectivity index (χ3n) is 7.75. The van der Waals surface area contributed by atoms with Gasteiger partial charge in [0, 0.05) is 43.6 Å². The minimum Gasteiger partial charge on any atom is -0.474 e. The summed E-state index contributed by atoms with van der Waals surface area (Å²) in [7, 11) is 0.